The molecule has 1 aromatic carbocycles. The van der Waals surface area contributed by atoms with Gasteiger partial charge in [0, 0.05) is 18.7 Å². The first kappa shape index (κ1) is 21.0. The molecule has 3 heteroatoms. The second kappa shape index (κ2) is 12.1. The monoisotopic (exact) mass is 359 g/mol. The molecule has 1 atom stereocenters. The van der Waals surface area contributed by atoms with E-state index in [1.807, 2.05) is 32.0 Å². The van der Waals surface area contributed by atoms with Gasteiger partial charge in [0.1, 0.15) is 0 Å². The van der Waals surface area contributed by atoms with Crippen molar-refractivity contribution in [2.24, 2.45) is 0 Å². The van der Waals surface area contributed by atoms with Crippen molar-refractivity contribution in [1.29, 1.82) is 0 Å². The number of aryl methyl sites for hydroxylation is 2. The second-order valence-electron chi connectivity index (χ2n) is 7.82. The molecule has 0 bridgehead atoms. The summed E-state index contributed by atoms with van der Waals surface area (Å²) in [6.45, 7) is 5.07. The largest absolute Gasteiger partial charge is 0.378 e. The smallest absolute Gasteiger partial charge is 0.224 e. The number of anilines is 1. The summed E-state index contributed by atoms with van der Waals surface area (Å²) in [5, 5.41) is 3.08. The van der Waals surface area contributed by atoms with Gasteiger partial charge in [0.05, 0.1) is 6.10 Å². The predicted molar refractivity (Wildman–Crippen MR) is 110 cm³/mol. The minimum atomic E-state index is 0.150. The normalized spacial score (nSPS) is 16.8. The van der Waals surface area contributed by atoms with Gasteiger partial charge in [-0.05, 0) is 50.7 Å². The fourth-order valence-corrected chi connectivity index (χ4v) is 3.80. The van der Waals surface area contributed by atoms with Gasteiger partial charge in [-0.25, -0.2) is 0 Å². The van der Waals surface area contributed by atoms with E-state index < -0.39 is 0 Å². The van der Waals surface area contributed by atoms with E-state index in [1.165, 1.54) is 57.8 Å². The quantitative estimate of drug-likeness (QED) is 0.443. The lowest BCUT2D eigenvalue weighted by Crippen LogP contribution is -2.13. The van der Waals surface area contributed by atoms with Gasteiger partial charge in [-0.1, -0.05) is 63.1 Å². The standard InChI is InChI=1S/C23H37NO2/c1-19-13-11-14-20(2)23(19)24-22(25)17-10-8-6-4-3-5-7-9-15-21-16-12-18-26-21/h11,13-14,21H,3-10,12,15-18H2,1-2H3,(H,24,25). The van der Waals surface area contributed by atoms with E-state index in [9.17, 15) is 4.79 Å². The SMILES string of the molecule is Cc1cccc(C)c1NC(=O)CCCCCCCCCCC1CCCO1. The lowest BCUT2D eigenvalue weighted by atomic mass is 10.0. The molecule has 1 aromatic rings. The zero-order valence-corrected chi connectivity index (χ0v) is 16.8. The summed E-state index contributed by atoms with van der Waals surface area (Å²) >= 11 is 0. The average Bonchev–Trinajstić information content (AvgIpc) is 3.13. The molecular weight excluding hydrogens is 322 g/mol. The molecule has 0 radical (unpaired) electrons. The number of carbonyl (C=O) groups excluding carboxylic acids is 1. The van der Waals surface area contributed by atoms with Crippen molar-refractivity contribution in [1.82, 2.24) is 0 Å². The maximum absolute atomic E-state index is 12.1. The maximum Gasteiger partial charge on any atom is 0.224 e. The number of para-hydroxylation sites is 1. The van der Waals surface area contributed by atoms with E-state index in [1.54, 1.807) is 0 Å². The minimum Gasteiger partial charge on any atom is -0.378 e. The third-order valence-electron chi connectivity index (χ3n) is 5.45. The molecule has 1 N–H and O–H groups in total. The van der Waals surface area contributed by atoms with Crippen molar-refractivity contribution in [2.45, 2.75) is 97.0 Å². The van der Waals surface area contributed by atoms with Gasteiger partial charge in [0.15, 0.2) is 0 Å². The van der Waals surface area contributed by atoms with Crippen LogP contribution in [-0.4, -0.2) is 18.6 Å². The average molecular weight is 360 g/mol. The Bertz CT molecular complexity index is 515. The molecule has 0 saturated carbocycles. The highest BCUT2D eigenvalue weighted by Crippen LogP contribution is 2.21. The molecule has 0 aliphatic carbocycles. The summed E-state index contributed by atoms with van der Waals surface area (Å²) in [6.07, 6.45) is 15.0. The first-order valence-corrected chi connectivity index (χ1v) is 10.6. The summed E-state index contributed by atoms with van der Waals surface area (Å²) in [6, 6.07) is 6.12. The summed E-state index contributed by atoms with van der Waals surface area (Å²) in [5.74, 6) is 0.150. The van der Waals surface area contributed by atoms with Gasteiger partial charge in [0.25, 0.3) is 0 Å². The first-order chi connectivity index (χ1) is 12.7. The van der Waals surface area contributed by atoms with Crippen LogP contribution >= 0.6 is 0 Å². The Morgan fingerprint density at radius 3 is 2.23 bits per heavy atom. The maximum atomic E-state index is 12.1. The Labute approximate surface area is 159 Å². The summed E-state index contributed by atoms with van der Waals surface area (Å²) in [5.41, 5.74) is 3.26. The van der Waals surface area contributed by atoms with Crippen LogP contribution in [0.5, 0.6) is 0 Å². The summed E-state index contributed by atoms with van der Waals surface area (Å²) < 4.78 is 5.66. The van der Waals surface area contributed by atoms with Gasteiger partial charge in [-0.3, -0.25) is 4.79 Å². The molecular formula is C23H37NO2. The molecule has 146 valence electrons. The van der Waals surface area contributed by atoms with Crippen molar-refractivity contribution in [3.05, 3.63) is 29.3 Å². The highest BCUT2D eigenvalue weighted by molar-refractivity contribution is 5.92. The van der Waals surface area contributed by atoms with E-state index in [4.69, 9.17) is 4.74 Å². The number of rotatable bonds is 12. The highest BCUT2D eigenvalue weighted by atomic mass is 16.5. The zero-order chi connectivity index (χ0) is 18.6. The molecule has 1 fully saturated rings. The van der Waals surface area contributed by atoms with Crippen molar-refractivity contribution in [3.63, 3.8) is 0 Å². The van der Waals surface area contributed by atoms with Crippen LogP contribution in [0.3, 0.4) is 0 Å². The summed E-state index contributed by atoms with van der Waals surface area (Å²) in [7, 11) is 0. The molecule has 1 heterocycles. The summed E-state index contributed by atoms with van der Waals surface area (Å²) in [4.78, 5) is 12.1. The van der Waals surface area contributed by atoms with Crippen LogP contribution in [-0.2, 0) is 9.53 Å². The van der Waals surface area contributed by atoms with Gasteiger partial charge >= 0.3 is 0 Å². The lowest BCUT2D eigenvalue weighted by Gasteiger charge is -2.11. The molecule has 2 rings (SSSR count). The minimum absolute atomic E-state index is 0.150. The number of nitrogens with one attached hydrogen (secondary N) is 1. The molecule has 1 unspecified atom stereocenters. The number of benzene rings is 1. The number of hydrogen-bond acceptors (Lipinski definition) is 2. The molecule has 1 amide bonds. The topological polar surface area (TPSA) is 38.3 Å². The van der Waals surface area contributed by atoms with Gasteiger partial charge in [-0.15, -0.1) is 0 Å². The fraction of sp³-hybridized carbons (Fsp3) is 0.696. The fourth-order valence-electron chi connectivity index (χ4n) is 3.80. The molecule has 0 aromatic heterocycles. The zero-order valence-electron chi connectivity index (χ0n) is 16.8. The highest BCUT2D eigenvalue weighted by Gasteiger charge is 2.14. The molecule has 3 nitrogen and oxygen atoms in total. The number of unbranched alkanes of at least 4 members (excludes halogenated alkanes) is 7. The van der Waals surface area contributed by atoms with Crippen molar-refractivity contribution in [2.75, 3.05) is 11.9 Å². The first-order valence-electron chi connectivity index (χ1n) is 10.6. The Morgan fingerprint density at radius 2 is 1.62 bits per heavy atom. The Morgan fingerprint density at radius 1 is 1.00 bits per heavy atom. The van der Waals surface area contributed by atoms with Crippen LogP contribution in [0.25, 0.3) is 0 Å². The van der Waals surface area contributed by atoms with Crippen LogP contribution in [0.1, 0.15) is 88.2 Å². The third-order valence-corrected chi connectivity index (χ3v) is 5.45. The van der Waals surface area contributed by atoms with E-state index in [2.05, 4.69) is 5.32 Å². The molecule has 1 saturated heterocycles. The Kier molecular flexibility index (Phi) is 9.76. The van der Waals surface area contributed by atoms with E-state index >= 15 is 0 Å². The van der Waals surface area contributed by atoms with E-state index in [0.29, 0.717) is 12.5 Å². The molecule has 1 aliphatic rings. The van der Waals surface area contributed by atoms with Gasteiger partial charge in [0.2, 0.25) is 5.91 Å². The van der Waals surface area contributed by atoms with Crippen molar-refractivity contribution < 1.29 is 9.53 Å². The molecule has 0 spiro atoms. The Balaban J connectivity index is 1.42. The van der Waals surface area contributed by atoms with Gasteiger partial charge in [-0.2, -0.15) is 0 Å². The van der Waals surface area contributed by atoms with Crippen LogP contribution < -0.4 is 5.32 Å². The number of hydrogen-bond donors (Lipinski definition) is 1. The number of ether oxygens (including phenoxy) is 1. The van der Waals surface area contributed by atoms with Crippen molar-refractivity contribution >= 4 is 11.6 Å². The van der Waals surface area contributed by atoms with Crippen LogP contribution in [0.15, 0.2) is 18.2 Å². The van der Waals surface area contributed by atoms with E-state index in [-0.39, 0.29) is 5.91 Å². The van der Waals surface area contributed by atoms with E-state index in [0.717, 1.165) is 36.3 Å². The van der Waals surface area contributed by atoms with Crippen LogP contribution in [0.4, 0.5) is 5.69 Å². The lowest BCUT2D eigenvalue weighted by molar-refractivity contribution is -0.116. The number of amides is 1. The van der Waals surface area contributed by atoms with Crippen LogP contribution in [0.2, 0.25) is 0 Å². The number of carbonyl (C=O) groups is 1. The van der Waals surface area contributed by atoms with Crippen LogP contribution in [0, 0.1) is 13.8 Å². The van der Waals surface area contributed by atoms with Crippen molar-refractivity contribution in [3.8, 4) is 0 Å². The Hall–Kier alpha value is -1.35. The van der Waals surface area contributed by atoms with Gasteiger partial charge < -0.3 is 10.1 Å². The predicted octanol–water partition coefficient (Wildman–Crippen LogP) is 6.32. The molecule has 26 heavy (non-hydrogen) atoms. The third kappa shape index (κ3) is 7.90. The molecule has 1 aliphatic heterocycles. The second-order valence-corrected chi connectivity index (χ2v) is 7.82.